The van der Waals surface area contributed by atoms with Crippen molar-refractivity contribution in [2.24, 2.45) is 0 Å². The lowest BCUT2D eigenvalue weighted by Crippen LogP contribution is -2.00. The molecule has 0 aliphatic heterocycles. The van der Waals surface area contributed by atoms with Gasteiger partial charge in [-0.1, -0.05) is 17.7 Å². The van der Waals surface area contributed by atoms with Crippen LogP contribution in [0.5, 0.6) is 5.75 Å². The van der Waals surface area contributed by atoms with E-state index >= 15 is 0 Å². The van der Waals surface area contributed by atoms with Crippen LogP contribution >= 0.6 is 11.6 Å². The smallest absolute Gasteiger partial charge is 0.312 e. The molecule has 106 valence electrons. The minimum Gasteiger partial charge on any atom is -0.482 e. The van der Waals surface area contributed by atoms with Gasteiger partial charge in [-0.3, -0.25) is 10.1 Å². The van der Waals surface area contributed by atoms with Gasteiger partial charge >= 0.3 is 5.69 Å². The molecule has 0 aliphatic carbocycles. The largest absolute Gasteiger partial charge is 0.482 e. The van der Waals surface area contributed by atoms with Gasteiger partial charge in [0.15, 0.2) is 5.75 Å². The minimum atomic E-state index is -0.636. The average molecular weight is 307 g/mol. The van der Waals surface area contributed by atoms with Crippen LogP contribution in [-0.2, 0) is 6.61 Å². The van der Waals surface area contributed by atoms with E-state index in [-0.39, 0.29) is 28.6 Å². The first-order chi connectivity index (χ1) is 10.0. The van der Waals surface area contributed by atoms with Crippen LogP contribution in [0.3, 0.4) is 0 Å². The van der Waals surface area contributed by atoms with Crippen molar-refractivity contribution in [2.75, 3.05) is 0 Å². The Labute approximate surface area is 124 Å². The molecule has 0 aliphatic rings. The second-order valence-electron chi connectivity index (χ2n) is 4.08. The van der Waals surface area contributed by atoms with Gasteiger partial charge in [0.2, 0.25) is 0 Å². The summed E-state index contributed by atoms with van der Waals surface area (Å²) in [5.74, 6) is -0.465. The molecule has 0 unspecified atom stereocenters. The van der Waals surface area contributed by atoms with E-state index in [0.717, 1.165) is 12.1 Å². The van der Waals surface area contributed by atoms with Crippen molar-refractivity contribution in [1.82, 2.24) is 0 Å². The molecule has 2 aromatic rings. The first-order valence-corrected chi connectivity index (χ1v) is 6.14. The topological polar surface area (TPSA) is 76.2 Å². The number of nitriles is 1. The molecule has 0 heterocycles. The summed E-state index contributed by atoms with van der Waals surface area (Å²) < 4.78 is 18.3. The third-order valence-electron chi connectivity index (χ3n) is 2.68. The van der Waals surface area contributed by atoms with Gasteiger partial charge in [-0.2, -0.15) is 5.26 Å². The molecule has 0 atom stereocenters. The second kappa shape index (κ2) is 6.20. The number of benzene rings is 2. The standard InChI is InChI=1S/C14H8ClFN2O3/c15-12-6-11(16)3-2-10(12)8-21-14-4-1-9(7-17)5-13(14)18(19)20/h1-6H,8H2. The van der Waals surface area contributed by atoms with Crippen molar-refractivity contribution in [2.45, 2.75) is 6.61 Å². The molecule has 5 nitrogen and oxygen atoms in total. The number of hydrogen-bond donors (Lipinski definition) is 0. The third-order valence-corrected chi connectivity index (χ3v) is 3.03. The summed E-state index contributed by atoms with van der Waals surface area (Å²) in [4.78, 5) is 10.3. The van der Waals surface area contributed by atoms with Crippen molar-refractivity contribution in [3.05, 3.63) is 68.5 Å². The molecule has 2 aromatic carbocycles. The SMILES string of the molecule is N#Cc1ccc(OCc2ccc(F)cc2Cl)c([N+](=O)[O-])c1. The summed E-state index contributed by atoms with van der Waals surface area (Å²) in [5, 5.41) is 19.9. The first kappa shape index (κ1) is 14.8. The first-order valence-electron chi connectivity index (χ1n) is 5.76. The Hall–Kier alpha value is -2.65. The zero-order valence-electron chi connectivity index (χ0n) is 10.5. The molecular formula is C14H8ClFN2O3. The van der Waals surface area contributed by atoms with Crippen LogP contribution < -0.4 is 4.74 Å². The van der Waals surface area contributed by atoms with Crippen LogP contribution in [0.2, 0.25) is 5.02 Å². The van der Waals surface area contributed by atoms with Crippen LogP contribution in [-0.4, -0.2) is 4.92 Å². The predicted octanol–water partition coefficient (Wildman–Crippen LogP) is 3.84. The summed E-state index contributed by atoms with van der Waals surface area (Å²) in [6.45, 7) is -0.0497. The zero-order chi connectivity index (χ0) is 15.4. The summed E-state index contributed by atoms with van der Waals surface area (Å²) in [5.41, 5.74) is 0.345. The predicted molar refractivity (Wildman–Crippen MR) is 73.6 cm³/mol. The minimum absolute atomic E-state index is 0.0133. The van der Waals surface area contributed by atoms with E-state index in [9.17, 15) is 14.5 Å². The summed E-state index contributed by atoms with van der Waals surface area (Å²) in [7, 11) is 0. The van der Waals surface area contributed by atoms with Crippen LogP contribution in [0.1, 0.15) is 11.1 Å². The van der Waals surface area contributed by atoms with E-state index in [2.05, 4.69) is 0 Å². The van der Waals surface area contributed by atoms with Gasteiger partial charge in [0, 0.05) is 11.6 Å². The van der Waals surface area contributed by atoms with E-state index in [1.807, 2.05) is 6.07 Å². The highest BCUT2D eigenvalue weighted by Crippen LogP contribution is 2.29. The lowest BCUT2D eigenvalue weighted by molar-refractivity contribution is -0.386. The van der Waals surface area contributed by atoms with Gasteiger partial charge in [-0.15, -0.1) is 0 Å². The Morgan fingerprint density at radius 2 is 2.10 bits per heavy atom. The van der Waals surface area contributed by atoms with Gasteiger partial charge < -0.3 is 4.74 Å². The van der Waals surface area contributed by atoms with E-state index in [1.54, 1.807) is 0 Å². The number of hydrogen-bond acceptors (Lipinski definition) is 4. The molecule has 0 N–H and O–H groups in total. The Balaban J connectivity index is 2.24. The molecule has 7 heteroatoms. The van der Waals surface area contributed by atoms with Gasteiger partial charge in [0.1, 0.15) is 12.4 Å². The molecule has 0 aromatic heterocycles. The molecule has 2 rings (SSSR count). The van der Waals surface area contributed by atoms with Crippen molar-refractivity contribution in [3.8, 4) is 11.8 Å². The van der Waals surface area contributed by atoms with E-state index in [1.165, 1.54) is 24.3 Å². The molecule has 21 heavy (non-hydrogen) atoms. The highest BCUT2D eigenvalue weighted by molar-refractivity contribution is 6.31. The second-order valence-corrected chi connectivity index (χ2v) is 4.48. The van der Waals surface area contributed by atoms with Crippen LogP contribution in [0.25, 0.3) is 0 Å². The maximum atomic E-state index is 12.9. The van der Waals surface area contributed by atoms with E-state index < -0.39 is 10.7 Å². The normalized spacial score (nSPS) is 9.95. The Kier molecular flexibility index (Phi) is 4.36. The molecule has 0 saturated carbocycles. The molecule has 0 spiro atoms. The number of nitrogens with zero attached hydrogens (tertiary/aromatic N) is 2. The van der Waals surface area contributed by atoms with Crippen molar-refractivity contribution < 1.29 is 14.1 Å². The number of nitro benzene ring substituents is 1. The van der Waals surface area contributed by atoms with E-state index in [4.69, 9.17) is 21.6 Å². The average Bonchev–Trinajstić information content (AvgIpc) is 2.46. The maximum Gasteiger partial charge on any atom is 0.312 e. The van der Waals surface area contributed by atoms with E-state index in [0.29, 0.717) is 5.56 Å². The quantitative estimate of drug-likeness (QED) is 0.635. The molecular weight excluding hydrogens is 299 g/mol. The summed E-state index contributed by atoms with van der Waals surface area (Å²) in [6.07, 6.45) is 0. The molecule has 0 bridgehead atoms. The van der Waals surface area contributed by atoms with Crippen molar-refractivity contribution in [3.63, 3.8) is 0 Å². The van der Waals surface area contributed by atoms with Crippen LogP contribution in [0.4, 0.5) is 10.1 Å². The van der Waals surface area contributed by atoms with Gasteiger partial charge in [0.25, 0.3) is 0 Å². The van der Waals surface area contributed by atoms with Gasteiger partial charge in [0.05, 0.1) is 21.6 Å². The number of rotatable bonds is 4. The highest BCUT2D eigenvalue weighted by atomic mass is 35.5. The molecule has 0 fully saturated rings. The fraction of sp³-hybridized carbons (Fsp3) is 0.0714. The number of nitro groups is 1. The summed E-state index contributed by atoms with van der Waals surface area (Å²) >= 11 is 5.85. The fourth-order valence-corrected chi connectivity index (χ4v) is 1.87. The van der Waals surface area contributed by atoms with Crippen molar-refractivity contribution >= 4 is 17.3 Å². The van der Waals surface area contributed by atoms with Gasteiger partial charge in [-0.05, 0) is 24.3 Å². The highest BCUT2D eigenvalue weighted by Gasteiger charge is 2.16. The number of ether oxygens (including phenoxy) is 1. The number of halogens is 2. The zero-order valence-corrected chi connectivity index (χ0v) is 11.3. The van der Waals surface area contributed by atoms with Crippen LogP contribution in [0.15, 0.2) is 36.4 Å². The lowest BCUT2D eigenvalue weighted by atomic mass is 10.2. The molecule has 0 saturated heterocycles. The monoisotopic (exact) mass is 306 g/mol. The lowest BCUT2D eigenvalue weighted by Gasteiger charge is -2.08. The van der Waals surface area contributed by atoms with Gasteiger partial charge in [-0.25, -0.2) is 4.39 Å². The van der Waals surface area contributed by atoms with Crippen LogP contribution in [0, 0.1) is 27.3 Å². The molecule has 0 radical (unpaired) electrons. The molecule has 0 amide bonds. The third kappa shape index (κ3) is 3.46. The maximum absolute atomic E-state index is 12.9. The fourth-order valence-electron chi connectivity index (χ4n) is 1.65. The van der Waals surface area contributed by atoms with Crippen molar-refractivity contribution in [1.29, 1.82) is 5.26 Å². The Morgan fingerprint density at radius 1 is 1.33 bits per heavy atom. The Morgan fingerprint density at radius 3 is 2.71 bits per heavy atom. The summed E-state index contributed by atoms with van der Waals surface area (Å²) in [6, 6.07) is 9.49. The Bertz CT molecular complexity index is 743.